The molecule has 8 heteroatoms. The van der Waals surface area contributed by atoms with E-state index in [9.17, 15) is 19.2 Å². The van der Waals surface area contributed by atoms with E-state index in [1.807, 2.05) is 0 Å². The van der Waals surface area contributed by atoms with Gasteiger partial charge < -0.3 is 20.4 Å². The minimum atomic E-state index is -1.34. The highest BCUT2D eigenvalue weighted by atomic mass is 16.4. The Morgan fingerprint density at radius 1 is 0.667 bits per heavy atom. The predicted molar refractivity (Wildman–Crippen MR) is 56.0 cm³/mol. The third-order valence-corrected chi connectivity index (χ3v) is 2.40. The van der Waals surface area contributed by atoms with Crippen molar-refractivity contribution in [2.45, 2.75) is 25.7 Å². The molecule has 8 nitrogen and oxygen atoms in total. The van der Waals surface area contributed by atoms with E-state index in [-0.39, 0.29) is 12.8 Å². The summed E-state index contributed by atoms with van der Waals surface area (Å²) in [5.74, 6) is -7.69. The van der Waals surface area contributed by atoms with Crippen molar-refractivity contribution in [1.29, 1.82) is 0 Å². The van der Waals surface area contributed by atoms with Gasteiger partial charge in [-0.3, -0.25) is 19.2 Å². The molecule has 0 aromatic rings. The van der Waals surface area contributed by atoms with Crippen molar-refractivity contribution in [3.63, 3.8) is 0 Å². The molecule has 0 fully saturated rings. The van der Waals surface area contributed by atoms with E-state index >= 15 is 0 Å². The molecule has 0 saturated carbocycles. The molecule has 0 aliphatic rings. The molecule has 0 bridgehead atoms. The average molecular weight is 262 g/mol. The summed E-state index contributed by atoms with van der Waals surface area (Å²) in [6, 6.07) is 0. The first-order valence-corrected chi connectivity index (χ1v) is 5.13. The minimum absolute atomic E-state index is 0.189. The van der Waals surface area contributed by atoms with Crippen molar-refractivity contribution in [3.8, 4) is 0 Å². The molecule has 0 heterocycles. The molecule has 4 N–H and O–H groups in total. The maximum absolute atomic E-state index is 10.7. The van der Waals surface area contributed by atoms with Gasteiger partial charge >= 0.3 is 23.9 Å². The highest BCUT2D eigenvalue weighted by Gasteiger charge is 2.26. The lowest BCUT2D eigenvalue weighted by molar-refractivity contribution is -0.150. The minimum Gasteiger partial charge on any atom is -0.481 e. The first-order valence-electron chi connectivity index (χ1n) is 5.13. The fourth-order valence-electron chi connectivity index (χ4n) is 1.45. The van der Waals surface area contributed by atoms with Crippen LogP contribution in [-0.4, -0.2) is 44.3 Å². The van der Waals surface area contributed by atoms with E-state index in [0.717, 1.165) is 0 Å². The zero-order valence-corrected chi connectivity index (χ0v) is 9.40. The molecule has 0 spiro atoms. The van der Waals surface area contributed by atoms with Crippen molar-refractivity contribution in [2.24, 2.45) is 11.8 Å². The lowest BCUT2D eigenvalue weighted by Gasteiger charge is -2.13. The van der Waals surface area contributed by atoms with E-state index in [1.54, 1.807) is 0 Å². The number of aliphatic carboxylic acids is 4. The summed E-state index contributed by atoms with van der Waals surface area (Å²) < 4.78 is 0. The van der Waals surface area contributed by atoms with Gasteiger partial charge in [-0.15, -0.1) is 0 Å². The van der Waals surface area contributed by atoms with Crippen molar-refractivity contribution < 1.29 is 39.6 Å². The number of carboxylic acid groups (broad SMARTS) is 4. The second kappa shape index (κ2) is 7.25. The summed E-state index contributed by atoms with van der Waals surface area (Å²) in [5, 5.41) is 34.4. The smallest absolute Gasteiger partial charge is 0.307 e. The van der Waals surface area contributed by atoms with Gasteiger partial charge in [0.15, 0.2) is 0 Å². The Bertz CT molecular complexity index is 314. The second-order valence-electron chi connectivity index (χ2n) is 3.84. The monoisotopic (exact) mass is 262 g/mol. The van der Waals surface area contributed by atoms with Crippen LogP contribution in [0.1, 0.15) is 25.7 Å². The van der Waals surface area contributed by atoms with Crippen molar-refractivity contribution in [1.82, 2.24) is 0 Å². The molecule has 0 aliphatic heterocycles. The van der Waals surface area contributed by atoms with Gasteiger partial charge in [0.2, 0.25) is 0 Å². The van der Waals surface area contributed by atoms with Crippen LogP contribution in [0.15, 0.2) is 0 Å². The number of carbonyl (C=O) groups is 4. The molecule has 0 aliphatic carbocycles. The molecular formula is C10H14O8. The van der Waals surface area contributed by atoms with Gasteiger partial charge in [-0.05, 0) is 12.8 Å². The summed E-state index contributed by atoms with van der Waals surface area (Å²) in [6.07, 6.45) is -1.61. The number of hydrogen-bond acceptors (Lipinski definition) is 4. The predicted octanol–water partition coefficient (Wildman–Crippen LogP) is 0.118. The molecule has 0 aromatic carbocycles. The zero-order chi connectivity index (χ0) is 14.3. The highest BCUT2D eigenvalue weighted by Crippen LogP contribution is 2.19. The Morgan fingerprint density at radius 2 is 0.944 bits per heavy atom. The van der Waals surface area contributed by atoms with Gasteiger partial charge in [-0.25, -0.2) is 0 Å². The quantitative estimate of drug-likeness (QED) is 0.457. The third kappa shape index (κ3) is 6.46. The summed E-state index contributed by atoms with van der Waals surface area (Å²) in [5.41, 5.74) is 0. The van der Waals surface area contributed by atoms with Crippen LogP contribution in [0.2, 0.25) is 0 Å². The highest BCUT2D eigenvalue weighted by molar-refractivity contribution is 5.79. The third-order valence-electron chi connectivity index (χ3n) is 2.40. The Labute approximate surface area is 102 Å². The molecular weight excluding hydrogens is 248 g/mol. The zero-order valence-electron chi connectivity index (χ0n) is 9.40. The first-order chi connectivity index (χ1) is 8.23. The van der Waals surface area contributed by atoms with Crippen LogP contribution < -0.4 is 0 Å². The van der Waals surface area contributed by atoms with Crippen LogP contribution in [0.4, 0.5) is 0 Å². The van der Waals surface area contributed by atoms with Crippen LogP contribution in [0.3, 0.4) is 0 Å². The van der Waals surface area contributed by atoms with Crippen LogP contribution in [0.25, 0.3) is 0 Å². The molecule has 0 saturated heterocycles. The maximum atomic E-state index is 10.7. The number of rotatable bonds is 9. The summed E-state index contributed by atoms with van der Waals surface area (Å²) >= 11 is 0. The number of hydrogen-bond donors (Lipinski definition) is 4. The van der Waals surface area contributed by atoms with Gasteiger partial charge in [0.05, 0.1) is 24.7 Å². The molecule has 0 rings (SSSR count). The fraction of sp³-hybridized carbons (Fsp3) is 0.600. The topological polar surface area (TPSA) is 149 Å². The van der Waals surface area contributed by atoms with Crippen LogP contribution in [0.5, 0.6) is 0 Å². The SMILES string of the molecule is O=C(O)C[C@H](CC[C@@H](CC(=O)O)C(=O)O)C(=O)O. The summed E-state index contributed by atoms with van der Waals surface area (Å²) in [7, 11) is 0. The van der Waals surface area contributed by atoms with Crippen molar-refractivity contribution >= 4 is 23.9 Å². The van der Waals surface area contributed by atoms with Crippen LogP contribution in [-0.2, 0) is 19.2 Å². The fourth-order valence-corrected chi connectivity index (χ4v) is 1.45. The van der Waals surface area contributed by atoms with Gasteiger partial charge in [-0.2, -0.15) is 0 Å². The maximum Gasteiger partial charge on any atom is 0.307 e. The summed E-state index contributed by atoms with van der Waals surface area (Å²) in [4.78, 5) is 42.2. The second-order valence-corrected chi connectivity index (χ2v) is 3.84. The molecule has 0 unspecified atom stereocenters. The van der Waals surface area contributed by atoms with E-state index < -0.39 is 48.6 Å². The molecule has 0 aromatic heterocycles. The number of carboxylic acids is 4. The van der Waals surface area contributed by atoms with Crippen LogP contribution >= 0.6 is 0 Å². The Kier molecular flexibility index (Phi) is 6.40. The molecule has 102 valence electrons. The van der Waals surface area contributed by atoms with Crippen molar-refractivity contribution in [2.75, 3.05) is 0 Å². The Morgan fingerprint density at radius 3 is 1.11 bits per heavy atom. The molecule has 18 heavy (non-hydrogen) atoms. The van der Waals surface area contributed by atoms with E-state index in [0.29, 0.717) is 0 Å². The van der Waals surface area contributed by atoms with E-state index in [1.165, 1.54) is 0 Å². The van der Waals surface area contributed by atoms with Crippen LogP contribution in [0, 0.1) is 11.8 Å². The van der Waals surface area contributed by atoms with Gasteiger partial charge in [-0.1, -0.05) is 0 Å². The van der Waals surface area contributed by atoms with Gasteiger partial charge in [0, 0.05) is 0 Å². The Balaban J connectivity index is 4.45. The first kappa shape index (κ1) is 15.9. The average Bonchev–Trinajstić information content (AvgIpc) is 2.20. The van der Waals surface area contributed by atoms with Crippen molar-refractivity contribution in [3.05, 3.63) is 0 Å². The molecule has 2 atom stereocenters. The normalized spacial score (nSPS) is 13.6. The standard InChI is InChI=1S/C10H14O8/c11-7(12)3-5(9(15)16)1-2-6(10(17)18)4-8(13)14/h5-6H,1-4H2,(H,11,12)(H,13,14)(H,15,16)(H,17,18)/t5-,6-/m0/s1. The lowest BCUT2D eigenvalue weighted by Crippen LogP contribution is -2.22. The summed E-state index contributed by atoms with van der Waals surface area (Å²) in [6.45, 7) is 0. The Hall–Kier alpha value is -2.12. The lowest BCUT2D eigenvalue weighted by atomic mass is 9.92. The van der Waals surface area contributed by atoms with Gasteiger partial charge in [0.25, 0.3) is 0 Å². The molecule has 0 radical (unpaired) electrons. The van der Waals surface area contributed by atoms with Gasteiger partial charge in [0.1, 0.15) is 0 Å². The van der Waals surface area contributed by atoms with E-state index in [2.05, 4.69) is 0 Å². The molecule has 0 amide bonds. The van der Waals surface area contributed by atoms with E-state index in [4.69, 9.17) is 20.4 Å². The largest absolute Gasteiger partial charge is 0.481 e.